The van der Waals surface area contributed by atoms with Gasteiger partial charge >= 0.3 is 23.9 Å². The molecule has 6 aliphatic rings. The number of ether oxygens (including phenoxy) is 10. The highest BCUT2D eigenvalue weighted by molar-refractivity contribution is 6.34. The summed E-state index contributed by atoms with van der Waals surface area (Å²) in [6.07, 6.45) is 17.4. The molecule has 0 saturated carbocycles. The van der Waals surface area contributed by atoms with Gasteiger partial charge in [0, 0.05) is 50.2 Å². The summed E-state index contributed by atoms with van der Waals surface area (Å²) in [5.74, 6) is 1.13. The Morgan fingerprint density at radius 2 is 0.704 bits per heavy atom. The smallest absolute Gasteiger partial charge is 0.338 e. The Morgan fingerprint density at radius 3 is 1.07 bits per heavy atom. The summed E-state index contributed by atoms with van der Waals surface area (Å²) in [6, 6.07) is 37.7. The molecule has 135 heavy (non-hydrogen) atoms. The third kappa shape index (κ3) is 22.5. The number of esters is 4. The third-order valence-electron chi connectivity index (χ3n) is 24.6. The van der Waals surface area contributed by atoms with Crippen molar-refractivity contribution in [3.63, 3.8) is 0 Å². The maximum Gasteiger partial charge on any atom is 0.338 e. The van der Waals surface area contributed by atoms with Gasteiger partial charge in [-0.05, 0) is 150 Å². The summed E-state index contributed by atoms with van der Waals surface area (Å²) in [4.78, 5) is 102. The van der Waals surface area contributed by atoms with Gasteiger partial charge in [0.1, 0.15) is 181 Å². The van der Waals surface area contributed by atoms with E-state index in [1.165, 1.54) is 31.6 Å². The molecule has 0 unspecified atom stereocenters. The second-order valence-corrected chi connectivity index (χ2v) is 34.9. The number of hydrogen-bond donors (Lipinski definition) is 7. The number of aromatic nitrogens is 15. The number of rotatable bonds is 19. The number of aliphatic hydroxyl groups excluding tert-OH is 3. The summed E-state index contributed by atoms with van der Waals surface area (Å²) >= 11 is 12.3. The second-order valence-electron chi connectivity index (χ2n) is 34.0. The average Bonchev–Trinajstić information content (AvgIpc) is 1.78. The number of halogens is 2. The van der Waals surface area contributed by atoms with Gasteiger partial charge in [0.2, 0.25) is 0 Å². The molecule has 0 aliphatic carbocycles. The highest BCUT2D eigenvalue weighted by Gasteiger charge is 2.43. The van der Waals surface area contributed by atoms with Crippen LogP contribution < -0.4 is 22.9 Å². The van der Waals surface area contributed by atoms with E-state index >= 15 is 0 Å². The molecule has 39 heteroatoms. The van der Waals surface area contributed by atoms with Crippen LogP contribution in [-0.4, -0.2) is 205 Å². The molecule has 0 spiro atoms. The van der Waals surface area contributed by atoms with Gasteiger partial charge in [-0.25, -0.2) is 69.0 Å². The van der Waals surface area contributed by atoms with Gasteiger partial charge in [0.15, 0.2) is 0 Å². The lowest BCUT2D eigenvalue weighted by Gasteiger charge is -2.19. The van der Waals surface area contributed by atoms with Crippen molar-refractivity contribution >= 4 is 132 Å². The molecule has 16 heterocycles. The first-order valence-electron chi connectivity index (χ1n) is 44.3. The minimum absolute atomic E-state index is 0.0399. The quantitative estimate of drug-likeness (QED) is 0.0130. The number of hydrogen-bond acceptors (Lipinski definition) is 32. The molecule has 11 N–H and O–H groups in total. The largest absolute Gasteiger partial charge is 0.459 e. The zero-order valence-corrected chi connectivity index (χ0v) is 76.9. The van der Waals surface area contributed by atoms with Crippen molar-refractivity contribution < 1.29 is 86.7 Å². The van der Waals surface area contributed by atoms with Crippen molar-refractivity contribution in [1.82, 2.24) is 72.7 Å². The number of alkyl halides is 1. The van der Waals surface area contributed by atoms with Crippen LogP contribution in [0.5, 0.6) is 0 Å². The number of nitrogens with zero attached hydrogens (tertiary/aromatic N) is 15. The van der Waals surface area contributed by atoms with Crippen molar-refractivity contribution in [1.29, 1.82) is 0 Å². The van der Waals surface area contributed by atoms with E-state index in [0.717, 1.165) is 92.7 Å². The number of carbonyl (C=O) groups is 5. The van der Waals surface area contributed by atoms with E-state index in [9.17, 15) is 34.2 Å². The molecule has 10 aromatic heterocycles. The molecule has 14 aromatic rings. The van der Waals surface area contributed by atoms with Crippen LogP contribution in [0.1, 0.15) is 167 Å². The summed E-state index contributed by atoms with van der Waals surface area (Å²) < 4.78 is 66.8. The Balaban J connectivity index is 0.000000126. The summed E-state index contributed by atoms with van der Waals surface area (Å²) in [7, 11) is 0. The van der Waals surface area contributed by atoms with Gasteiger partial charge in [-0.2, -0.15) is 0 Å². The van der Waals surface area contributed by atoms with Gasteiger partial charge in [-0.15, -0.1) is 0 Å². The zero-order valence-electron chi connectivity index (χ0n) is 75.4. The highest BCUT2D eigenvalue weighted by Crippen LogP contribution is 2.42. The normalized spacial score (nSPS) is 24.4. The molecule has 6 saturated heterocycles. The molecule has 18 atom stereocenters. The molecule has 6 aliphatic heterocycles. The zero-order chi connectivity index (χ0) is 95.4. The van der Waals surface area contributed by atoms with E-state index in [1.807, 2.05) is 140 Å². The van der Waals surface area contributed by atoms with E-state index in [1.54, 1.807) is 71.6 Å². The number of aldehydes is 1. The molecule has 20 rings (SSSR count). The number of nitrogens with two attached hydrogens (primary N) is 4. The standard InChI is InChI=1S/C27H24ClN3O5.C21H21ClO5.C13H18N4O.C12H16N4O2.C12H14N4O2.C11H14N4O3/c1-16-3-7-18(8-4-16)26(32)34-14-22-21(36-27(33)19-9-5-17(2)6-10-19)13-23(35-22)31-12-11-20-24(28)29-15-30-25(20)31;1-13-3-7-15(8-4-13)20(23)25-12-18-17(11-19(22)26-18)27-21(24)16-9-5-14(2)6-10-16;1-3-10-8(2)6-11(18-10)17-5-4-9-12(14)15-7-16-13(9)17;2*1-7-4-10(18-9(7)5-17)16-3-2-8-11(13)14-6-15-12(8)16;12-10-6-1-2-15(11(6)14-5-13-10)9-3-7(17)8(4-16)18-9/h3-12,15,21-23H,13-14H2,1-2H3;3-10,17-19H,11-12H2,1-2H3;4-5,7-8,10-11H,3,6H2,1-2H3,(H2,14,15,16);2-3,6-7,9-10,17H,4-5H2,1H3,(H2,13,14,15);2-3,5-7,9-10H,4H2,1H3,(H2,13,14,15);1-2,5,7-9,16-17H,3-4H2,(H2,12,13,14)/t21-,22+,23+;17-,18+,19-;8-,10+,11+;2*7-,9+,10+;7-,8+,9+/m000000/s1. The van der Waals surface area contributed by atoms with Crippen molar-refractivity contribution in [2.24, 2.45) is 17.8 Å². The lowest BCUT2D eigenvalue weighted by atomic mass is 10.0. The fourth-order valence-electron chi connectivity index (χ4n) is 16.8. The van der Waals surface area contributed by atoms with E-state index < -0.39 is 72.3 Å². The topological polar surface area (TPSA) is 496 Å². The van der Waals surface area contributed by atoms with Gasteiger partial charge in [-0.1, -0.05) is 122 Å². The maximum absolute atomic E-state index is 12.9. The fraction of sp³-hybridized carbons (Fsp3) is 0.385. The summed E-state index contributed by atoms with van der Waals surface area (Å²) in [6.45, 7) is 16.0. The van der Waals surface area contributed by atoms with Crippen LogP contribution in [-0.2, 0) is 52.2 Å². The average molecular weight is 1890 g/mol. The fourth-order valence-corrected chi connectivity index (χ4v) is 17.3. The van der Waals surface area contributed by atoms with Crippen LogP contribution in [0.3, 0.4) is 0 Å². The van der Waals surface area contributed by atoms with Crippen LogP contribution in [0.25, 0.3) is 55.2 Å². The number of nitrogen functional groups attached to an aromatic ring is 4. The first-order valence-corrected chi connectivity index (χ1v) is 45.1. The Labute approximate surface area is 785 Å². The van der Waals surface area contributed by atoms with Crippen molar-refractivity contribution in [2.45, 2.75) is 192 Å². The number of benzene rings is 4. The van der Waals surface area contributed by atoms with Gasteiger partial charge in [-0.3, -0.25) is 0 Å². The predicted molar refractivity (Wildman–Crippen MR) is 500 cm³/mol. The molecule has 708 valence electrons. The van der Waals surface area contributed by atoms with E-state index in [4.69, 9.17) is 98.6 Å². The Morgan fingerprint density at radius 1 is 0.393 bits per heavy atom. The monoisotopic (exact) mass is 1880 g/mol. The molecule has 0 amide bonds. The lowest BCUT2D eigenvalue weighted by Crippen LogP contribution is -2.32. The summed E-state index contributed by atoms with van der Waals surface area (Å²) in [5.41, 5.74) is 32.2. The van der Waals surface area contributed by atoms with Crippen LogP contribution in [0.15, 0.2) is 190 Å². The molecule has 0 bridgehead atoms. The number of carbonyl (C=O) groups excluding carboxylic acids is 5. The lowest BCUT2D eigenvalue weighted by molar-refractivity contribution is -0.120. The third-order valence-corrected chi connectivity index (χ3v) is 25.1. The Kier molecular flexibility index (Phi) is 31.1. The Hall–Kier alpha value is -13.1. The minimum atomic E-state index is -0.673. The van der Waals surface area contributed by atoms with Crippen LogP contribution >= 0.6 is 23.2 Å². The number of anilines is 4. The maximum atomic E-state index is 12.9. The van der Waals surface area contributed by atoms with Crippen LogP contribution in [0, 0.1) is 45.4 Å². The van der Waals surface area contributed by atoms with E-state index in [-0.39, 0.29) is 69.5 Å². The highest BCUT2D eigenvalue weighted by atomic mass is 35.5. The Bertz CT molecular complexity index is 6200. The van der Waals surface area contributed by atoms with Gasteiger partial charge in [0.25, 0.3) is 0 Å². The SMILES string of the molecule is CC[C@H]1O[C@@H](n2ccc3c(N)ncnc32)C[C@@H]1C.C[C@H]1C[C@H](n2ccc3c(N)ncnc32)O[C@@H]1C=O.C[C@H]1C[C@H](n2ccc3c(N)ncnc32)O[C@@H]1CO.Cc1ccc(C(=O)OC[C@H]2O[C@@H](n3ccc4c(Cl)ncnc43)C[C@@H]2OC(=O)c2ccc(C)cc2)cc1.Cc1ccc(C(=O)OC[C@H]2O[C@H](Cl)C[C@@H]2OC(=O)c2ccc(C)cc2)cc1.Nc1ncnc2c1ccn2[C@H]1C[C@H](O)[C@@H](CO)O1. The molecular weight excluding hydrogens is 1780 g/mol. The number of aliphatic hydroxyl groups is 3. The molecule has 6 fully saturated rings. The minimum Gasteiger partial charge on any atom is -0.459 e. The van der Waals surface area contributed by atoms with Crippen molar-refractivity contribution in [3.05, 3.63) is 240 Å². The van der Waals surface area contributed by atoms with Gasteiger partial charge in [0.05, 0.1) is 80.7 Å². The van der Waals surface area contributed by atoms with Crippen molar-refractivity contribution in [2.75, 3.05) is 49.4 Å². The van der Waals surface area contributed by atoms with Gasteiger partial charge < -0.3 is 113 Å². The number of fused-ring (bicyclic) bond motifs is 5. The molecular formula is C96H107Cl2N19O18. The van der Waals surface area contributed by atoms with E-state index in [2.05, 4.69) is 75.2 Å². The molecule has 37 nitrogen and oxygen atoms in total. The second kappa shape index (κ2) is 43.5. The molecule has 4 aromatic carbocycles. The van der Waals surface area contributed by atoms with Crippen LogP contribution in [0.2, 0.25) is 5.15 Å². The number of aryl methyl sites for hydroxylation is 4. The summed E-state index contributed by atoms with van der Waals surface area (Å²) in [5, 5.41) is 32.3. The van der Waals surface area contributed by atoms with E-state index in [0.29, 0.717) is 105 Å². The van der Waals surface area contributed by atoms with Crippen molar-refractivity contribution in [3.8, 4) is 0 Å². The first kappa shape index (κ1) is 96.5. The predicted octanol–water partition coefficient (Wildman–Crippen LogP) is 13.2. The first-order chi connectivity index (χ1) is 65.1. The van der Waals surface area contributed by atoms with Crippen LogP contribution in [0.4, 0.5) is 23.3 Å². The molecule has 0 radical (unpaired) electrons.